The summed E-state index contributed by atoms with van der Waals surface area (Å²) in [7, 11) is 0. The second kappa shape index (κ2) is 7.83. The van der Waals surface area contributed by atoms with E-state index in [2.05, 4.69) is 22.6 Å². The van der Waals surface area contributed by atoms with Gasteiger partial charge < -0.3 is 5.11 Å². The molecule has 29 heavy (non-hydrogen) atoms. The maximum absolute atomic E-state index is 13.0. The van der Waals surface area contributed by atoms with E-state index in [-0.39, 0.29) is 11.3 Å². The monoisotopic (exact) mass is 495 g/mol. The number of hydrogen-bond donors (Lipinski definition) is 1. The fourth-order valence-electron chi connectivity index (χ4n) is 3.52. The molecule has 3 aromatic rings. The van der Waals surface area contributed by atoms with Crippen LogP contribution in [0.2, 0.25) is 0 Å². The maximum atomic E-state index is 13.0. The predicted octanol–water partition coefficient (Wildman–Crippen LogP) is 5.23. The van der Waals surface area contributed by atoms with Gasteiger partial charge in [-0.2, -0.15) is 0 Å². The van der Waals surface area contributed by atoms with E-state index in [1.54, 1.807) is 12.1 Å². The Labute approximate surface area is 182 Å². The van der Waals surface area contributed by atoms with E-state index in [4.69, 9.17) is 0 Å². The van der Waals surface area contributed by atoms with Gasteiger partial charge in [-0.05, 0) is 59.3 Å². The second-order valence-electron chi connectivity index (χ2n) is 6.92. The van der Waals surface area contributed by atoms with Crippen molar-refractivity contribution in [1.82, 2.24) is 0 Å². The fraction of sp³-hybridized carbons (Fsp3) is 0.0833. The molecule has 1 saturated heterocycles. The first-order valence-electron chi connectivity index (χ1n) is 9.16. The molecule has 144 valence electrons. The summed E-state index contributed by atoms with van der Waals surface area (Å²) in [6.07, 6.45) is 0. The van der Waals surface area contributed by atoms with Crippen LogP contribution in [0.15, 0.2) is 84.4 Å². The number of aryl methyl sites for hydroxylation is 1. The van der Waals surface area contributed by atoms with Crippen LogP contribution in [0.25, 0.3) is 5.76 Å². The average Bonchev–Trinajstić information content (AvgIpc) is 3.00. The lowest BCUT2D eigenvalue weighted by atomic mass is 9.95. The Kier molecular flexibility index (Phi) is 5.24. The Bertz CT molecular complexity index is 1100. The summed E-state index contributed by atoms with van der Waals surface area (Å²) in [6.45, 7) is 1.95. The largest absolute Gasteiger partial charge is 0.507 e. The summed E-state index contributed by atoms with van der Waals surface area (Å²) in [5.74, 6) is -1.49. The van der Waals surface area contributed by atoms with Gasteiger partial charge in [0.25, 0.3) is 11.7 Å². The molecule has 1 heterocycles. The third kappa shape index (κ3) is 3.58. The zero-order valence-corrected chi connectivity index (χ0v) is 17.8. The molecule has 5 heteroatoms. The molecule has 1 N–H and O–H groups in total. The molecule has 4 rings (SSSR count). The van der Waals surface area contributed by atoms with Gasteiger partial charge in [-0.25, -0.2) is 0 Å². The van der Waals surface area contributed by atoms with Crippen LogP contribution in [0, 0.1) is 10.5 Å². The minimum Gasteiger partial charge on any atom is -0.507 e. The molecule has 0 unspecified atom stereocenters. The number of benzene rings is 3. The van der Waals surface area contributed by atoms with E-state index in [9.17, 15) is 14.7 Å². The molecule has 1 aliphatic heterocycles. The minimum absolute atomic E-state index is 0.101. The number of Topliss-reactive ketones (excluding diaryl/α,β-unsaturated/α-hetero) is 1. The second-order valence-corrected chi connectivity index (χ2v) is 8.17. The molecule has 1 fully saturated rings. The van der Waals surface area contributed by atoms with Crippen LogP contribution in [0.4, 0.5) is 5.69 Å². The van der Waals surface area contributed by atoms with Crippen molar-refractivity contribution in [3.63, 3.8) is 0 Å². The normalized spacial score (nSPS) is 18.3. The number of amides is 1. The Hall–Kier alpha value is -2.93. The Morgan fingerprint density at radius 2 is 1.52 bits per heavy atom. The third-order valence-electron chi connectivity index (χ3n) is 4.99. The van der Waals surface area contributed by atoms with Crippen molar-refractivity contribution in [3.05, 3.63) is 105 Å². The van der Waals surface area contributed by atoms with Gasteiger partial charge in [0.1, 0.15) is 5.76 Å². The summed E-state index contributed by atoms with van der Waals surface area (Å²) < 4.78 is 1.03. The van der Waals surface area contributed by atoms with E-state index in [1.807, 2.05) is 73.7 Å². The van der Waals surface area contributed by atoms with E-state index < -0.39 is 17.7 Å². The van der Waals surface area contributed by atoms with Crippen molar-refractivity contribution in [2.24, 2.45) is 0 Å². The molecule has 0 aliphatic carbocycles. The highest BCUT2D eigenvalue weighted by Crippen LogP contribution is 2.42. The molecule has 0 saturated carbocycles. The first kappa shape index (κ1) is 19.4. The molecule has 0 spiro atoms. The first-order valence-corrected chi connectivity index (χ1v) is 10.2. The van der Waals surface area contributed by atoms with Gasteiger partial charge in [0.2, 0.25) is 0 Å². The predicted molar refractivity (Wildman–Crippen MR) is 122 cm³/mol. The molecule has 1 amide bonds. The van der Waals surface area contributed by atoms with Crippen LogP contribution >= 0.6 is 22.6 Å². The van der Waals surface area contributed by atoms with Gasteiger partial charge in [-0.1, -0.05) is 60.2 Å². The molecule has 0 aromatic heterocycles. The third-order valence-corrected chi connectivity index (χ3v) is 5.71. The van der Waals surface area contributed by atoms with E-state index in [0.29, 0.717) is 11.3 Å². The SMILES string of the molecule is Cc1ccc(C(O)=C2C(=O)C(=O)N(c3ccc(I)cc3)[C@@H]2c2ccccc2)cc1. The molecule has 0 bridgehead atoms. The summed E-state index contributed by atoms with van der Waals surface area (Å²) >= 11 is 2.19. The highest BCUT2D eigenvalue weighted by atomic mass is 127. The number of carbonyl (C=O) groups excluding carboxylic acids is 2. The molecule has 0 radical (unpaired) electrons. The standard InChI is InChI=1S/C24H18INO3/c1-15-7-9-17(10-8-15)22(27)20-21(16-5-3-2-4-6-16)26(24(29)23(20)28)19-13-11-18(25)12-14-19/h2-14,21,27H,1H3/t21-/m1/s1. The maximum Gasteiger partial charge on any atom is 0.300 e. The zero-order valence-electron chi connectivity index (χ0n) is 15.7. The minimum atomic E-state index is -0.697. The summed E-state index contributed by atoms with van der Waals surface area (Å²) in [6, 6.07) is 23.2. The van der Waals surface area contributed by atoms with Gasteiger partial charge in [-0.15, -0.1) is 0 Å². The zero-order chi connectivity index (χ0) is 20.5. The van der Waals surface area contributed by atoms with E-state index in [0.717, 1.165) is 14.7 Å². The highest BCUT2D eigenvalue weighted by Gasteiger charge is 2.46. The first-order chi connectivity index (χ1) is 14.0. The number of aliphatic hydroxyl groups is 1. The molecule has 1 atom stereocenters. The number of ketones is 1. The number of anilines is 1. The van der Waals surface area contributed by atoms with E-state index >= 15 is 0 Å². The van der Waals surface area contributed by atoms with Crippen LogP contribution < -0.4 is 4.90 Å². The summed E-state index contributed by atoms with van der Waals surface area (Å²) in [5, 5.41) is 11.0. The number of rotatable bonds is 3. The lowest BCUT2D eigenvalue weighted by molar-refractivity contribution is -0.132. The van der Waals surface area contributed by atoms with Crippen LogP contribution in [0.1, 0.15) is 22.7 Å². The smallest absolute Gasteiger partial charge is 0.300 e. The van der Waals surface area contributed by atoms with Gasteiger partial charge in [0.15, 0.2) is 0 Å². The van der Waals surface area contributed by atoms with Crippen molar-refractivity contribution in [3.8, 4) is 0 Å². The van der Waals surface area contributed by atoms with Gasteiger partial charge in [0, 0.05) is 14.8 Å². The van der Waals surface area contributed by atoms with Crippen molar-refractivity contribution >= 4 is 45.7 Å². The number of carbonyl (C=O) groups is 2. The van der Waals surface area contributed by atoms with Crippen molar-refractivity contribution in [2.45, 2.75) is 13.0 Å². The van der Waals surface area contributed by atoms with Crippen LogP contribution in [-0.2, 0) is 9.59 Å². The lowest BCUT2D eigenvalue weighted by Crippen LogP contribution is -2.29. The van der Waals surface area contributed by atoms with Crippen LogP contribution in [-0.4, -0.2) is 16.8 Å². The average molecular weight is 495 g/mol. The number of hydrogen-bond acceptors (Lipinski definition) is 3. The Morgan fingerprint density at radius 3 is 2.14 bits per heavy atom. The van der Waals surface area contributed by atoms with Crippen LogP contribution in [0.3, 0.4) is 0 Å². The van der Waals surface area contributed by atoms with E-state index in [1.165, 1.54) is 4.90 Å². The van der Waals surface area contributed by atoms with Gasteiger partial charge >= 0.3 is 0 Å². The quantitative estimate of drug-likeness (QED) is 0.235. The Morgan fingerprint density at radius 1 is 0.897 bits per heavy atom. The Balaban J connectivity index is 1.93. The summed E-state index contributed by atoms with van der Waals surface area (Å²) in [4.78, 5) is 27.5. The molecule has 3 aromatic carbocycles. The molecular weight excluding hydrogens is 477 g/mol. The fourth-order valence-corrected chi connectivity index (χ4v) is 3.88. The highest BCUT2D eigenvalue weighted by molar-refractivity contribution is 14.1. The van der Waals surface area contributed by atoms with Crippen molar-refractivity contribution < 1.29 is 14.7 Å². The van der Waals surface area contributed by atoms with Crippen molar-refractivity contribution in [2.75, 3.05) is 4.90 Å². The van der Waals surface area contributed by atoms with Crippen LogP contribution in [0.5, 0.6) is 0 Å². The van der Waals surface area contributed by atoms with Gasteiger partial charge in [-0.3, -0.25) is 14.5 Å². The number of aliphatic hydroxyl groups excluding tert-OH is 1. The van der Waals surface area contributed by atoms with Crippen molar-refractivity contribution in [1.29, 1.82) is 0 Å². The molecule has 1 aliphatic rings. The summed E-state index contributed by atoms with van der Waals surface area (Å²) in [5.41, 5.74) is 3.03. The lowest BCUT2D eigenvalue weighted by Gasteiger charge is -2.25. The molecular formula is C24H18INO3. The number of nitrogens with zero attached hydrogens (tertiary/aromatic N) is 1. The topological polar surface area (TPSA) is 57.6 Å². The van der Waals surface area contributed by atoms with Gasteiger partial charge in [0.05, 0.1) is 11.6 Å². The number of halogens is 1. The molecule has 4 nitrogen and oxygen atoms in total.